The van der Waals surface area contributed by atoms with E-state index in [0.717, 1.165) is 28.6 Å². The standard InChI is InChI=1S/C25H25F2N3O2/c1-14(2)28-23(31)17-12-30(24(32)15-9-10-18(26)19(27)11-15)13-25(3,4)21-16-7-5-6-8-20(16)29-22(17)21/h5-12,14,29H,13H2,1-4H3,(H,28,31). The normalized spacial score (nSPS) is 15.3. The van der Waals surface area contributed by atoms with Gasteiger partial charge in [0, 0.05) is 40.7 Å². The molecule has 0 saturated heterocycles. The lowest BCUT2D eigenvalue weighted by Gasteiger charge is -2.29. The number of H-pyrrole nitrogens is 1. The Bertz CT molecular complexity index is 1260. The number of hydrogen-bond donors (Lipinski definition) is 2. The minimum atomic E-state index is -1.09. The molecule has 0 bridgehead atoms. The van der Waals surface area contributed by atoms with E-state index >= 15 is 0 Å². The number of rotatable bonds is 3. The van der Waals surface area contributed by atoms with Crippen molar-refractivity contribution in [3.8, 4) is 0 Å². The first-order valence-corrected chi connectivity index (χ1v) is 10.5. The summed E-state index contributed by atoms with van der Waals surface area (Å²) in [6, 6.07) is 10.7. The third kappa shape index (κ3) is 3.79. The second kappa shape index (κ2) is 7.89. The molecule has 7 heteroatoms. The molecule has 0 unspecified atom stereocenters. The quantitative estimate of drug-likeness (QED) is 0.621. The van der Waals surface area contributed by atoms with Crippen molar-refractivity contribution >= 4 is 28.3 Å². The van der Waals surface area contributed by atoms with Gasteiger partial charge in [-0.2, -0.15) is 0 Å². The zero-order valence-corrected chi connectivity index (χ0v) is 18.4. The maximum Gasteiger partial charge on any atom is 0.257 e. The van der Waals surface area contributed by atoms with Crippen LogP contribution < -0.4 is 5.32 Å². The predicted molar refractivity (Wildman–Crippen MR) is 120 cm³/mol. The van der Waals surface area contributed by atoms with Gasteiger partial charge in [-0.15, -0.1) is 0 Å². The van der Waals surface area contributed by atoms with E-state index in [4.69, 9.17) is 0 Å². The molecule has 0 saturated carbocycles. The number of carbonyl (C=O) groups is 2. The Hall–Kier alpha value is -3.48. The third-order valence-corrected chi connectivity index (χ3v) is 5.59. The van der Waals surface area contributed by atoms with E-state index in [-0.39, 0.29) is 24.1 Å². The molecule has 0 fully saturated rings. The number of benzene rings is 2. The Morgan fingerprint density at radius 2 is 1.81 bits per heavy atom. The summed E-state index contributed by atoms with van der Waals surface area (Å²) in [5.74, 6) is -2.95. The molecule has 2 amide bonds. The van der Waals surface area contributed by atoms with Gasteiger partial charge in [0.2, 0.25) is 0 Å². The molecule has 0 atom stereocenters. The molecule has 5 nitrogen and oxygen atoms in total. The molecule has 2 aromatic carbocycles. The fraction of sp³-hybridized carbons (Fsp3) is 0.280. The van der Waals surface area contributed by atoms with E-state index in [0.29, 0.717) is 11.3 Å². The fourth-order valence-electron chi connectivity index (χ4n) is 4.26. The summed E-state index contributed by atoms with van der Waals surface area (Å²) in [6.07, 6.45) is 1.50. The first-order valence-electron chi connectivity index (χ1n) is 10.5. The van der Waals surface area contributed by atoms with Crippen LogP contribution in [-0.4, -0.2) is 34.3 Å². The molecule has 2 N–H and O–H groups in total. The number of halogens is 2. The smallest absolute Gasteiger partial charge is 0.257 e. The highest BCUT2D eigenvalue weighted by Crippen LogP contribution is 2.40. The highest BCUT2D eigenvalue weighted by atomic mass is 19.2. The highest BCUT2D eigenvalue weighted by Gasteiger charge is 2.37. The van der Waals surface area contributed by atoms with Gasteiger partial charge in [0.15, 0.2) is 11.6 Å². The van der Waals surface area contributed by atoms with Crippen LogP contribution in [0.2, 0.25) is 0 Å². The van der Waals surface area contributed by atoms with Crippen molar-refractivity contribution in [2.45, 2.75) is 39.2 Å². The Balaban J connectivity index is 1.89. The lowest BCUT2D eigenvalue weighted by molar-refractivity contribution is -0.116. The summed E-state index contributed by atoms with van der Waals surface area (Å²) in [6.45, 7) is 7.95. The van der Waals surface area contributed by atoms with Gasteiger partial charge in [0.25, 0.3) is 11.8 Å². The molecule has 0 radical (unpaired) electrons. The third-order valence-electron chi connectivity index (χ3n) is 5.59. The first kappa shape index (κ1) is 21.7. The van der Waals surface area contributed by atoms with Crippen LogP contribution in [0.15, 0.2) is 48.7 Å². The molecular weight excluding hydrogens is 412 g/mol. The topological polar surface area (TPSA) is 65.2 Å². The second-order valence-corrected chi connectivity index (χ2v) is 9.04. The van der Waals surface area contributed by atoms with E-state index < -0.39 is 23.0 Å². The lowest BCUT2D eigenvalue weighted by Crippen LogP contribution is -2.37. The maximum atomic E-state index is 13.8. The SMILES string of the molecule is CC(C)NC(=O)C1=CN(C(=O)c2ccc(F)c(F)c2)CC(C)(C)c2c1[nH]c1ccccc21. The van der Waals surface area contributed by atoms with E-state index in [2.05, 4.69) is 10.3 Å². The summed E-state index contributed by atoms with van der Waals surface area (Å²) in [7, 11) is 0. The van der Waals surface area contributed by atoms with Crippen LogP contribution in [0.3, 0.4) is 0 Å². The average molecular weight is 437 g/mol. The van der Waals surface area contributed by atoms with Crippen molar-refractivity contribution in [3.63, 3.8) is 0 Å². The van der Waals surface area contributed by atoms with Crippen LogP contribution in [0.4, 0.5) is 8.78 Å². The fourth-order valence-corrected chi connectivity index (χ4v) is 4.26. The molecule has 1 aliphatic heterocycles. The number of aromatic nitrogens is 1. The second-order valence-electron chi connectivity index (χ2n) is 9.04. The zero-order chi connectivity index (χ0) is 23.2. The van der Waals surface area contributed by atoms with Crippen LogP contribution in [0, 0.1) is 11.6 Å². The van der Waals surface area contributed by atoms with Gasteiger partial charge in [-0.05, 0) is 43.7 Å². The van der Waals surface area contributed by atoms with Crippen LogP contribution in [0.1, 0.15) is 49.3 Å². The molecule has 166 valence electrons. The van der Waals surface area contributed by atoms with Crippen LogP contribution in [0.25, 0.3) is 16.5 Å². The van der Waals surface area contributed by atoms with Crippen molar-refractivity contribution in [2.75, 3.05) is 6.54 Å². The van der Waals surface area contributed by atoms with Gasteiger partial charge in [-0.1, -0.05) is 32.0 Å². The summed E-state index contributed by atoms with van der Waals surface area (Å²) in [5, 5.41) is 3.86. The van der Waals surface area contributed by atoms with E-state index in [1.54, 1.807) is 0 Å². The minimum Gasteiger partial charge on any atom is -0.354 e. The van der Waals surface area contributed by atoms with Crippen molar-refractivity contribution < 1.29 is 18.4 Å². The van der Waals surface area contributed by atoms with Gasteiger partial charge < -0.3 is 15.2 Å². The summed E-state index contributed by atoms with van der Waals surface area (Å²) in [4.78, 5) is 31.2. The van der Waals surface area contributed by atoms with E-state index in [1.807, 2.05) is 52.0 Å². The molecular formula is C25H25F2N3O2. The van der Waals surface area contributed by atoms with Crippen molar-refractivity contribution in [1.82, 2.24) is 15.2 Å². The van der Waals surface area contributed by atoms with E-state index in [1.165, 1.54) is 17.2 Å². The number of nitrogens with zero attached hydrogens (tertiary/aromatic N) is 1. The number of aromatic amines is 1. The summed E-state index contributed by atoms with van der Waals surface area (Å²) >= 11 is 0. The number of fused-ring (bicyclic) bond motifs is 3. The monoisotopic (exact) mass is 437 g/mol. The van der Waals surface area contributed by atoms with Gasteiger partial charge >= 0.3 is 0 Å². The molecule has 32 heavy (non-hydrogen) atoms. The highest BCUT2D eigenvalue weighted by molar-refractivity contribution is 6.21. The number of para-hydroxylation sites is 1. The molecule has 0 aliphatic carbocycles. The van der Waals surface area contributed by atoms with Gasteiger partial charge in [0.05, 0.1) is 11.3 Å². The number of hydrogen-bond acceptors (Lipinski definition) is 2. The average Bonchev–Trinajstić information content (AvgIpc) is 3.06. The maximum absolute atomic E-state index is 13.8. The minimum absolute atomic E-state index is 0.00925. The molecule has 4 rings (SSSR count). The van der Waals surface area contributed by atoms with Crippen molar-refractivity contribution in [1.29, 1.82) is 0 Å². The molecule has 1 aliphatic rings. The number of amides is 2. The van der Waals surface area contributed by atoms with Gasteiger partial charge in [-0.3, -0.25) is 9.59 Å². The largest absolute Gasteiger partial charge is 0.354 e. The van der Waals surface area contributed by atoms with Crippen molar-refractivity contribution in [3.05, 3.63) is 77.1 Å². The van der Waals surface area contributed by atoms with Crippen LogP contribution in [0.5, 0.6) is 0 Å². The predicted octanol–water partition coefficient (Wildman–Crippen LogP) is 4.75. The van der Waals surface area contributed by atoms with E-state index in [9.17, 15) is 18.4 Å². The Morgan fingerprint density at radius 1 is 1.09 bits per heavy atom. The molecule has 3 aromatic rings. The first-order chi connectivity index (χ1) is 15.1. The van der Waals surface area contributed by atoms with Gasteiger partial charge in [-0.25, -0.2) is 8.78 Å². The van der Waals surface area contributed by atoms with Crippen LogP contribution in [-0.2, 0) is 10.2 Å². The van der Waals surface area contributed by atoms with Crippen molar-refractivity contribution in [2.24, 2.45) is 0 Å². The Morgan fingerprint density at radius 3 is 2.50 bits per heavy atom. The molecule has 2 heterocycles. The zero-order valence-electron chi connectivity index (χ0n) is 18.4. The lowest BCUT2D eigenvalue weighted by atomic mass is 9.81. The molecule has 1 aromatic heterocycles. The summed E-state index contributed by atoms with van der Waals surface area (Å²) in [5.41, 5.74) is 2.25. The summed E-state index contributed by atoms with van der Waals surface area (Å²) < 4.78 is 27.2. The molecule has 0 spiro atoms. The Labute approximate surface area is 185 Å². The number of nitrogens with one attached hydrogen (secondary N) is 2. The van der Waals surface area contributed by atoms with Gasteiger partial charge in [0.1, 0.15) is 0 Å². The number of carbonyl (C=O) groups excluding carboxylic acids is 2. The van der Waals surface area contributed by atoms with Crippen LogP contribution >= 0.6 is 0 Å². The Kier molecular flexibility index (Phi) is 5.36.